The molecule has 4 heteroatoms. The third-order valence-electron chi connectivity index (χ3n) is 4.31. The number of amides is 1. The maximum Gasteiger partial charge on any atom is 0.223 e. The summed E-state index contributed by atoms with van der Waals surface area (Å²) in [5.41, 5.74) is 5.71. The van der Waals surface area contributed by atoms with Crippen LogP contribution in [-0.4, -0.2) is 32.2 Å². The number of nitrogens with one attached hydrogen (secondary N) is 1. The van der Waals surface area contributed by atoms with E-state index in [1.54, 1.807) is 0 Å². The average molecular weight is 254 g/mol. The highest BCUT2D eigenvalue weighted by molar-refractivity contribution is 5.78. The molecule has 1 aliphatic carbocycles. The van der Waals surface area contributed by atoms with Gasteiger partial charge in [-0.1, -0.05) is 6.42 Å². The Morgan fingerprint density at radius 3 is 2.78 bits per heavy atom. The van der Waals surface area contributed by atoms with Gasteiger partial charge in [0.05, 0.1) is 6.61 Å². The van der Waals surface area contributed by atoms with Crippen molar-refractivity contribution in [2.24, 2.45) is 23.5 Å². The zero-order valence-corrected chi connectivity index (χ0v) is 11.2. The largest absolute Gasteiger partial charge is 0.381 e. The van der Waals surface area contributed by atoms with Crippen molar-refractivity contribution < 1.29 is 9.53 Å². The van der Waals surface area contributed by atoms with Crippen LogP contribution in [0, 0.1) is 17.8 Å². The van der Waals surface area contributed by atoms with Crippen LogP contribution in [-0.2, 0) is 9.53 Å². The van der Waals surface area contributed by atoms with Gasteiger partial charge in [0.1, 0.15) is 0 Å². The molecule has 1 saturated heterocycles. The summed E-state index contributed by atoms with van der Waals surface area (Å²) in [6, 6.07) is 0. The first-order valence-corrected chi connectivity index (χ1v) is 7.35. The Hall–Kier alpha value is -0.610. The summed E-state index contributed by atoms with van der Waals surface area (Å²) >= 11 is 0. The van der Waals surface area contributed by atoms with E-state index in [1.807, 2.05) is 0 Å². The minimum atomic E-state index is 0.191. The molecule has 3 atom stereocenters. The van der Waals surface area contributed by atoms with Crippen molar-refractivity contribution in [3.05, 3.63) is 0 Å². The Balaban J connectivity index is 1.70. The van der Waals surface area contributed by atoms with Crippen LogP contribution in [0.4, 0.5) is 0 Å². The smallest absolute Gasteiger partial charge is 0.223 e. The molecule has 0 bridgehead atoms. The minimum absolute atomic E-state index is 0.191. The van der Waals surface area contributed by atoms with E-state index < -0.39 is 0 Å². The molecule has 2 fully saturated rings. The summed E-state index contributed by atoms with van der Waals surface area (Å²) in [5, 5.41) is 3.11. The second-order valence-corrected chi connectivity index (χ2v) is 5.79. The quantitative estimate of drug-likeness (QED) is 0.794. The van der Waals surface area contributed by atoms with Crippen molar-refractivity contribution in [1.82, 2.24) is 5.32 Å². The molecule has 0 aromatic carbocycles. The van der Waals surface area contributed by atoms with Crippen molar-refractivity contribution in [3.8, 4) is 0 Å². The third kappa shape index (κ3) is 3.95. The molecule has 18 heavy (non-hydrogen) atoms. The number of hydrogen-bond donors (Lipinski definition) is 2. The molecular formula is C14H26N2O2. The molecular weight excluding hydrogens is 228 g/mol. The summed E-state index contributed by atoms with van der Waals surface area (Å²) in [6.07, 6.45) is 6.64. The zero-order chi connectivity index (χ0) is 12.8. The fraction of sp³-hybridized carbons (Fsp3) is 0.929. The Labute approximate surface area is 110 Å². The topological polar surface area (TPSA) is 64.4 Å². The van der Waals surface area contributed by atoms with Gasteiger partial charge in [0.15, 0.2) is 0 Å². The van der Waals surface area contributed by atoms with Gasteiger partial charge in [0, 0.05) is 19.1 Å². The molecule has 104 valence electrons. The summed E-state index contributed by atoms with van der Waals surface area (Å²) in [5.74, 6) is 1.49. The maximum absolute atomic E-state index is 12.1. The first-order valence-electron chi connectivity index (χ1n) is 7.35. The maximum atomic E-state index is 12.1. The molecule has 2 aliphatic rings. The lowest BCUT2D eigenvalue weighted by molar-refractivity contribution is -0.126. The lowest BCUT2D eigenvalue weighted by Gasteiger charge is -2.28. The first-order chi connectivity index (χ1) is 8.79. The molecule has 2 rings (SSSR count). The van der Waals surface area contributed by atoms with Crippen LogP contribution in [0.2, 0.25) is 0 Å². The number of nitrogens with two attached hydrogens (primary N) is 1. The van der Waals surface area contributed by atoms with Gasteiger partial charge >= 0.3 is 0 Å². The highest BCUT2D eigenvalue weighted by atomic mass is 16.5. The number of ether oxygens (including phenoxy) is 1. The van der Waals surface area contributed by atoms with Crippen LogP contribution >= 0.6 is 0 Å². The second-order valence-electron chi connectivity index (χ2n) is 5.79. The fourth-order valence-corrected chi connectivity index (χ4v) is 3.10. The van der Waals surface area contributed by atoms with Crippen molar-refractivity contribution in [1.29, 1.82) is 0 Å². The van der Waals surface area contributed by atoms with Crippen molar-refractivity contribution in [3.63, 3.8) is 0 Å². The molecule has 1 saturated carbocycles. The number of carbonyl (C=O) groups excluding carboxylic acids is 1. The highest BCUT2D eigenvalue weighted by Gasteiger charge is 2.26. The minimum Gasteiger partial charge on any atom is -0.381 e. The summed E-state index contributed by atoms with van der Waals surface area (Å²) in [6.45, 7) is 3.19. The van der Waals surface area contributed by atoms with E-state index in [9.17, 15) is 4.79 Å². The number of carbonyl (C=O) groups is 1. The van der Waals surface area contributed by atoms with Gasteiger partial charge in [-0.25, -0.2) is 0 Å². The van der Waals surface area contributed by atoms with Gasteiger partial charge < -0.3 is 15.8 Å². The summed E-state index contributed by atoms with van der Waals surface area (Å²) in [4.78, 5) is 12.1. The lowest BCUT2D eigenvalue weighted by Crippen LogP contribution is -2.39. The van der Waals surface area contributed by atoms with E-state index in [0.29, 0.717) is 11.8 Å². The van der Waals surface area contributed by atoms with Crippen molar-refractivity contribution >= 4 is 5.91 Å². The van der Waals surface area contributed by atoms with Crippen molar-refractivity contribution in [2.75, 3.05) is 26.3 Å². The third-order valence-corrected chi connectivity index (χ3v) is 4.31. The van der Waals surface area contributed by atoms with Crippen LogP contribution in [0.3, 0.4) is 0 Å². The molecule has 3 N–H and O–H groups in total. The van der Waals surface area contributed by atoms with Crippen LogP contribution < -0.4 is 11.1 Å². The van der Waals surface area contributed by atoms with Crippen LogP contribution in [0.15, 0.2) is 0 Å². The molecule has 1 amide bonds. The molecule has 0 aromatic heterocycles. The number of hydrogen-bond acceptors (Lipinski definition) is 3. The van der Waals surface area contributed by atoms with Gasteiger partial charge in [0.25, 0.3) is 0 Å². The Morgan fingerprint density at radius 1 is 1.22 bits per heavy atom. The Morgan fingerprint density at radius 2 is 2.06 bits per heavy atom. The molecule has 1 aliphatic heterocycles. The normalized spacial score (nSPS) is 33.1. The highest BCUT2D eigenvalue weighted by Crippen LogP contribution is 2.28. The molecule has 0 aromatic rings. The number of rotatable bonds is 4. The zero-order valence-electron chi connectivity index (χ0n) is 11.2. The van der Waals surface area contributed by atoms with Crippen LogP contribution in [0.1, 0.15) is 38.5 Å². The predicted octanol–water partition coefficient (Wildman–Crippen LogP) is 1.29. The predicted molar refractivity (Wildman–Crippen MR) is 71.1 cm³/mol. The van der Waals surface area contributed by atoms with Gasteiger partial charge in [0.2, 0.25) is 5.91 Å². The molecule has 0 radical (unpaired) electrons. The first kappa shape index (κ1) is 13.8. The van der Waals surface area contributed by atoms with Crippen LogP contribution in [0.5, 0.6) is 0 Å². The standard InChI is InChI=1S/C14H26N2O2/c15-8-11-3-1-5-13(7-11)14(17)16-9-12-4-2-6-18-10-12/h11-13H,1-10,15H2,(H,16,17). The van der Waals surface area contributed by atoms with Gasteiger partial charge in [-0.15, -0.1) is 0 Å². The SMILES string of the molecule is NCC1CCCC(C(=O)NCC2CCCOC2)C1. The van der Waals surface area contributed by atoms with Crippen molar-refractivity contribution in [2.45, 2.75) is 38.5 Å². The second kappa shape index (κ2) is 7.10. The van der Waals surface area contributed by atoms with Gasteiger partial charge in [-0.05, 0) is 50.5 Å². The monoisotopic (exact) mass is 254 g/mol. The van der Waals surface area contributed by atoms with E-state index >= 15 is 0 Å². The molecule has 3 unspecified atom stereocenters. The van der Waals surface area contributed by atoms with E-state index in [-0.39, 0.29) is 11.8 Å². The van der Waals surface area contributed by atoms with E-state index in [0.717, 1.165) is 52.0 Å². The molecule has 4 nitrogen and oxygen atoms in total. The van der Waals surface area contributed by atoms with Gasteiger partial charge in [-0.2, -0.15) is 0 Å². The van der Waals surface area contributed by atoms with Crippen LogP contribution in [0.25, 0.3) is 0 Å². The molecule has 1 heterocycles. The fourth-order valence-electron chi connectivity index (χ4n) is 3.10. The molecule has 0 spiro atoms. The summed E-state index contributed by atoms with van der Waals surface area (Å²) < 4.78 is 5.43. The van der Waals surface area contributed by atoms with E-state index in [4.69, 9.17) is 10.5 Å². The van der Waals surface area contributed by atoms with E-state index in [1.165, 1.54) is 12.8 Å². The Bertz CT molecular complexity index is 265. The summed E-state index contributed by atoms with van der Waals surface area (Å²) in [7, 11) is 0. The van der Waals surface area contributed by atoms with E-state index in [2.05, 4.69) is 5.32 Å². The lowest BCUT2D eigenvalue weighted by atomic mass is 9.81. The van der Waals surface area contributed by atoms with Gasteiger partial charge in [-0.3, -0.25) is 4.79 Å². The average Bonchev–Trinajstić information content (AvgIpc) is 2.46. The Kier molecular flexibility index (Phi) is 5.45.